The van der Waals surface area contributed by atoms with Gasteiger partial charge in [0.05, 0.1) is 0 Å². The molecule has 31 heavy (non-hydrogen) atoms. The van der Waals surface area contributed by atoms with Gasteiger partial charge in [0.15, 0.2) is 0 Å². The Morgan fingerprint density at radius 1 is 0.871 bits per heavy atom. The first-order valence-corrected chi connectivity index (χ1v) is 10.8. The van der Waals surface area contributed by atoms with E-state index >= 15 is 0 Å². The monoisotopic (exact) mass is 422 g/mol. The quantitative estimate of drug-likeness (QED) is 0.529. The second kappa shape index (κ2) is 9.00. The third-order valence-corrected chi connectivity index (χ3v) is 6.55. The molecule has 0 saturated heterocycles. The van der Waals surface area contributed by atoms with Crippen LogP contribution in [-0.2, 0) is 0 Å². The lowest BCUT2D eigenvalue weighted by Crippen LogP contribution is -2.61. The Morgan fingerprint density at radius 3 is 1.87 bits per heavy atom. The largest absolute Gasteiger partial charge is 0.338 e. The molecule has 1 saturated carbocycles. The van der Waals surface area contributed by atoms with Crippen molar-refractivity contribution >= 4 is 23.4 Å². The van der Waals surface area contributed by atoms with Crippen molar-refractivity contribution in [2.45, 2.75) is 54.0 Å². The third kappa shape index (κ3) is 5.37. The lowest BCUT2D eigenvalue weighted by Gasteiger charge is -2.52. The van der Waals surface area contributed by atoms with Gasteiger partial charge in [0.2, 0.25) is 0 Å². The Labute approximate surface area is 185 Å². The molecule has 4 N–H and O–H groups in total. The molecule has 0 aromatic heterocycles. The van der Waals surface area contributed by atoms with E-state index in [1.807, 2.05) is 64.1 Å². The maximum Gasteiger partial charge on any atom is 0.319 e. The summed E-state index contributed by atoms with van der Waals surface area (Å²) in [5.74, 6) is 0.295. The second-order valence-electron chi connectivity index (χ2n) is 9.38. The zero-order valence-electron chi connectivity index (χ0n) is 19.3. The van der Waals surface area contributed by atoms with E-state index in [9.17, 15) is 9.59 Å². The molecule has 0 aliphatic heterocycles. The summed E-state index contributed by atoms with van der Waals surface area (Å²) in [6.07, 6.45) is 0.830. The van der Waals surface area contributed by atoms with Crippen LogP contribution in [0.15, 0.2) is 36.4 Å². The van der Waals surface area contributed by atoms with Crippen molar-refractivity contribution < 1.29 is 9.59 Å². The minimum Gasteiger partial charge on any atom is -0.338 e. The van der Waals surface area contributed by atoms with Crippen LogP contribution in [0.5, 0.6) is 0 Å². The average Bonchev–Trinajstić information content (AvgIpc) is 2.68. The lowest BCUT2D eigenvalue weighted by molar-refractivity contribution is 0.0244. The molecule has 4 amide bonds. The molecule has 0 unspecified atom stereocenters. The normalized spacial score (nSPS) is 19.2. The third-order valence-electron chi connectivity index (χ3n) is 6.55. The molecule has 2 aromatic rings. The van der Waals surface area contributed by atoms with E-state index in [4.69, 9.17) is 0 Å². The van der Waals surface area contributed by atoms with Gasteiger partial charge in [-0.2, -0.15) is 0 Å². The number of benzene rings is 2. The van der Waals surface area contributed by atoms with Gasteiger partial charge in [0, 0.05) is 24.0 Å². The van der Waals surface area contributed by atoms with Crippen molar-refractivity contribution in [2.75, 3.05) is 17.2 Å². The van der Waals surface area contributed by atoms with Gasteiger partial charge in [0.25, 0.3) is 0 Å². The molecular weight excluding hydrogens is 388 g/mol. The van der Waals surface area contributed by atoms with Crippen molar-refractivity contribution in [1.82, 2.24) is 10.6 Å². The van der Waals surface area contributed by atoms with Crippen molar-refractivity contribution in [3.8, 4) is 0 Å². The molecule has 0 heterocycles. The zero-order valence-corrected chi connectivity index (χ0v) is 19.3. The number of carbonyl (C=O) groups is 2. The molecular formula is C25H34N4O2. The van der Waals surface area contributed by atoms with Gasteiger partial charge >= 0.3 is 12.1 Å². The molecule has 1 aliphatic rings. The first-order valence-electron chi connectivity index (χ1n) is 10.8. The van der Waals surface area contributed by atoms with Gasteiger partial charge in [0.1, 0.15) is 0 Å². The van der Waals surface area contributed by atoms with Gasteiger partial charge in [-0.1, -0.05) is 49.2 Å². The summed E-state index contributed by atoms with van der Waals surface area (Å²) in [5.41, 5.74) is 5.95. The highest BCUT2D eigenvalue weighted by atomic mass is 16.2. The van der Waals surface area contributed by atoms with Crippen LogP contribution < -0.4 is 21.3 Å². The molecule has 1 aliphatic carbocycles. The van der Waals surface area contributed by atoms with E-state index in [1.165, 1.54) is 11.1 Å². The number of rotatable bonds is 5. The molecule has 0 spiro atoms. The maximum atomic E-state index is 12.5. The lowest BCUT2D eigenvalue weighted by atomic mass is 9.58. The number of aryl methyl sites for hydroxylation is 4. The molecule has 0 radical (unpaired) electrons. The molecule has 2 aromatic carbocycles. The van der Waals surface area contributed by atoms with Crippen LogP contribution in [0.3, 0.4) is 0 Å². The van der Waals surface area contributed by atoms with Gasteiger partial charge in [-0.25, -0.2) is 9.59 Å². The van der Waals surface area contributed by atoms with E-state index in [2.05, 4.69) is 35.1 Å². The molecule has 1 fully saturated rings. The smallest absolute Gasteiger partial charge is 0.319 e. The van der Waals surface area contributed by atoms with E-state index in [-0.39, 0.29) is 23.5 Å². The SMILES string of the molecule is Cc1ccc(NC(=O)NC[C@H]2C[C@@H](NC(=O)Nc3ccc(C)cc3C)C2(C)C)c(C)c1. The van der Waals surface area contributed by atoms with Gasteiger partial charge in [-0.05, 0) is 68.7 Å². The van der Waals surface area contributed by atoms with Crippen molar-refractivity contribution in [3.63, 3.8) is 0 Å². The number of amides is 4. The average molecular weight is 423 g/mol. The molecule has 166 valence electrons. The molecule has 0 bridgehead atoms. The van der Waals surface area contributed by atoms with E-state index in [0.717, 1.165) is 28.9 Å². The summed E-state index contributed by atoms with van der Waals surface area (Å²) in [6, 6.07) is 11.6. The van der Waals surface area contributed by atoms with Crippen LogP contribution in [0.25, 0.3) is 0 Å². The number of nitrogens with one attached hydrogen (secondary N) is 4. The van der Waals surface area contributed by atoms with Crippen LogP contribution in [0.1, 0.15) is 42.5 Å². The summed E-state index contributed by atoms with van der Waals surface area (Å²) < 4.78 is 0. The molecule has 6 heteroatoms. The minimum absolute atomic E-state index is 0.0625. The summed E-state index contributed by atoms with van der Waals surface area (Å²) in [5, 5.41) is 11.9. The van der Waals surface area contributed by atoms with Crippen molar-refractivity contribution in [2.24, 2.45) is 11.3 Å². The highest BCUT2D eigenvalue weighted by molar-refractivity contribution is 5.91. The van der Waals surface area contributed by atoms with Gasteiger partial charge < -0.3 is 21.3 Å². The number of hydrogen-bond acceptors (Lipinski definition) is 2. The van der Waals surface area contributed by atoms with Crippen LogP contribution >= 0.6 is 0 Å². The highest BCUT2D eigenvalue weighted by Crippen LogP contribution is 2.45. The Bertz CT molecular complexity index is 983. The van der Waals surface area contributed by atoms with Crippen LogP contribution in [0.4, 0.5) is 21.0 Å². The Kier molecular flexibility index (Phi) is 6.58. The summed E-state index contributed by atoms with van der Waals surface area (Å²) in [6.45, 7) is 12.9. The Hall–Kier alpha value is -3.02. The molecule has 2 atom stereocenters. The summed E-state index contributed by atoms with van der Waals surface area (Å²) in [4.78, 5) is 24.8. The van der Waals surface area contributed by atoms with E-state index in [1.54, 1.807) is 0 Å². The first-order chi connectivity index (χ1) is 14.6. The predicted molar refractivity (Wildman–Crippen MR) is 127 cm³/mol. The summed E-state index contributed by atoms with van der Waals surface area (Å²) in [7, 11) is 0. The van der Waals surface area contributed by atoms with E-state index < -0.39 is 0 Å². The number of hydrogen-bond donors (Lipinski definition) is 4. The van der Waals surface area contributed by atoms with E-state index in [0.29, 0.717) is 12.5 Å². The molecule has 3 rings (SSSR count). The van der Waals surface area contributed by atoms with Gasteiger partial charge in [-0.3, -0.25) is 0 Å². The fraction of sp³-hybridized carbons (Fsp3) is 0.440. The highest BCUT2D eigenvalue weighted by Gasteiger charge is 2.48. The number of anilines is 2. The summed E-state index contributed by atoms with van der Waals surface area (Å²) >= 11 is 0. The standard InChI is InChI=1S/C25H34N4O2/c1-15-7-9-20(17(3)11-15)27-23(30)26-14-19-13-22(25(19,5)6)29-24(31)28-21-10-8-16(2)12-18(21)4/h7-12,19,22H,13-14H2,1-6H3,(H2,26,27,30)(H2,28,29,31)/t19-,22-/m1/s1. The predicted octanol–water partition coefficient (Wildman–Crippen LogP) is 5.28. The second-order valence-corrected chi connectivity index (χ2v) is 9.38. The van der Waals surface area contributed by atoms with Crippen molar-refractivity contribution in [1.29, 1.82) is 0 Å². The molecule has 6 nitrogen and oxygen atoms in total. The fourth-order valence-corrected chi connectivity index (χ4v) is 4.21. The Morgan fingerprint density at radius 2 is 1.39 bits per heavy atom. The number of carbonyl (C=O) groups excluding carboxylic acids is 2. The van der Waals surface area contributed by atoms with Crippen LogP contribution in [0, 0.1) is 39.0 Å². The topological polar surface area (TPSA) is 82.3 Å². The Balaban J connectivity index is 1.46. The van der Waals surface area contributed by atoms with Crippen LogP contribution in [-0.4, -0.2) is 24.6 Å². The minimum atomic E-state index is -0.202. The number of urea groups is 2. The fourth-order valence-electron chi connectivity index (χ4n) is 4.21. The zero-order chi connectivity index (χ0) is 22.8. The van der Waals surface area contributed by atoms with Crippen LogP contribution in [0.2, 0.25) is 0 Å². The van der Waals surface area contributed by atoms with Crippen molar-refractivity contribution in [3.05, 3.63) is 58.7 Å². The maximum absolute atomic E-state index is 12.5. The first kappa shape index (κ1) is 22.7. The van der Waals surface area contributed by atoms with Gasteiger partial charge in [-0.15, -0.1) is 0 Å².